The van der Waals surface area contributed by atoms with Gasteiger partial charge in [0, 0.05) is 6.04 Å². The zero-order valence-electron chi connectivity index (χ0n) is 9.27. The molecule has 0 aromatic heterocycles. The van der Waals surface area contributed by atoms with Crippen LogP contribution in [0.5, 0.6) is 0 Å². The van der Waals surface area contributed by atoms with E-state index in [-0.39, 0.29) is 17.3 Å². The summed E-state index contributed by atoms with van der Waals surface area (Å²) >= 11 is 0. The molecule has 18 heavy (non-hydrogen) atoms. The van der Waals surface area contributed by atoms with Crippen LogP contribution in [-0.2, 0) is 0 Å². The summed E-state index contributed by atoms with van der Waals surface area (Å²) in [7, 11) is 0. The first kappa shape index (κ1) is 12.2. The summed E-state index contributed by atoms with van der Waals surface area (Å²) in [4.78, 5) is 21.8. The van der Waals surface area contributed by atoms with E-state index in [9.17, 15) is 19.3 Å². The lowest BCUT2D eigenvalue weighted by atomic mass is 10.1. The fourth-order valence-electron chi connectivity index (χ4n) is 1.50. The Labute approximate surface area is 101 Å². The van der Waals surface area contributed by atoms with Crippen LogP contribution in [0.4, 0.5) is 15.8 Å². The van der Waals surface area contributed by atoms with Gasteiger partial charge in [-0.3, -0.25) is 20.8 Å². The highest BCUT2D eigenvalue weighted by atomic mass is 19.1. The molecule has 0 saturated heterocycles. The number of carbonyl (C=O) groups excluding carboxylic acids is 1. The normalized spacial score (nSPS) is 14.1. The first-order chi connectivity index (χ1) is 8.52. The topological polar surface area (TPSA) is 110 Å². The zero-order chi connectivity index (χ0) is 13.3. The van der Waals surface area contributed by atoms with Crippen molar-refractivity contribution in [3.05, 3.63) is 33.6 Å². The Kier molecular flexibility index (Phi) is 3.11. The number of nitro groups is 1. The number of hydrogen-bond donors (Lipinski definition) is 3. The second kappa shape index (κ2) is 4.57. The van der Waals surface area contributed by atoms with Gasteiger partial charge in [0.05, 0.1) is 16.7 Å². The molecule has 0 atom stereocenters. The first-order valence-electron chi connectivity index (χ1n) is 5.28. The molecule has 7 nitrogen and oxygen atoms in total. The highest BCUT2D eigenvalue weighted by molar-refractivity contribution is 5.99. The van der Waals surface area contributed by atoms with Crippen molar-refractivity contribution in [3.63, 3.8) is 0 Å². The molecule has 1 fully saturated rings. The quantitative estimate of drug-likeness (QED) is 0.420. The molecule has 0 bridgehead atoms. The average Bonchev–Trinajstić information content (AvgIpc) is 3.12. The van der Waals surface area contributed by atoms with Gasteiger partial charge in [0.2, 0.25) is 0 Å². The van der Waals surface area contributed by atoms with E-state index in [1.165, 1.54) is 0 Å². The number of nitrogen functional groups attached to an aromatic ring is 1. The van der Waals surface area contributed by atoms with E-state index >= 15 is 0 Å². The molecule has 0 aliphatic heterocycles. The molecule has 8 heteroatoms. The van der Waals surface area contributed by atoms with Gasteiger partial charge in [0.25, 0.3) is 11.6 Å². The van der Waals surface area contributed by atoms with E-state index in [4.69, 9.17) is 5.84 Å². The van der Waals surface area contributed by atoms with Crippen LogP contribution in [0.25, 0.3) is 0 Å². The molecule has 1 amide bonds. The van der Waals surface area contributed by atoms with Gasteiger partial charge in [-0.15, -0.1) is 0 Å². The van der Waals surface area contributed by atoms with Crippen LogP contribution in [0.15, 0.2) is 12.1 Å². The summed E-state index contributed by atoms with van der Waals surface area (Å²) in [6.45, 7) is 0. The Morgan fingerprint density at radius 2 is 2.17 bits per heavy atom. The molecule has 0 spiro atoms. The number of halogens is 1. The van der Waals surface area contributed by atoms with Gasteiger partial charge >= 0.3 is 0 Å². The number of benzene rings is 1. The predicted octanol–water partition coefficient (Wildman–Crippen LogP) is 0.912. The van der Waals surface area contributed by atoms with Crippen molar-refractivity contribution in [2.75, 3.05) is 5.43 Å². The summed E-state index contributed by atoms with van der Waals surface area (Å²) < 4.78 is 13.4. The van der Waals surface area contributed by atoms with E-state index in [2.05, 4.69) is 5.32 Å². The zero-order valence-corrected chi connectivity index (χ0v) is 9.27. The molecule has 4 N–H and O–H groups in total. The number of nitrogens with two attached hydrogens (primary N) is 1. The van der Waals surface area contributed by atoms with Crippen LogP contribution in [0.3, 0.4) is 0 Å². The maximum absolute atomic E-state index is 13.4. The van der Waals surface area contributed by atoms with Crippen LogP contribution < -0.4 is 16.6 Å². The number of nitro benzene ring substituents is 1. The lowest BCUT2D eigenvalue weighted by Crippen LogP contribution is -2.26. The number of nitrogens with one attached hydrogen (secondary N) is 2. The third-order valence-electron chi connectivity index (χ3n) is 2.59. The second-order valence-corrected chi connectivity index (χ2v) is 4.00. The average molecular weight is 254 g/mol. The number of hydrogen-bond acceptors (Lipinski definition) is 5. The fourth-order valence-corrected chi connectivity index (χ4v) is 1.50. The Morgan fingerprint density at radius 1 is 1.50 bits per heavy atom. The SMILES string of the molecule is NNc1cc(C(=O)NC2CC2)c([N+](=O)[O-])cc1F. The summed E-state index contributed by atoms with van der Waals surface area (Å²) in [5, 5.41) is 13.4. The number of anilines is 1. The molecule has 1 aliphatic carbocycles. The van der Waals surface area contributed by atoms with Crippen molar-refractivity contribution in [1.29, 1.82) is 0 Å². The van der Waals surface area contributed by atoms with E-state index in [0.717, 1.165) is 18.9 Å². The van der Waals surface area contributed by atoms with Crippen molar-refractivity contribution in [1.82, 2.24) is 5.32 Å². The van der Waals surface area contributed by atoms with E-state index in [1.807, 2.05) is 5.43 Å². The standard InChI is InChI=1S/C10H11FN4O3/c11-7-4-9(15(17)18)6(3-8(7)14-12)10(16)13-5-1-2-5/h3-5,14H,1-2,12H2,(H,13,16). The maximum Gasteiger partial charge on any atom is 0.285 e. The molecule has 1 aromatic carbocycles. The second-order valence-electron chi connectivity index (χ2n) is 4.00. The van der Waals surface area contributed by atoms with E-state index in [1.54, 1.807) is 0 Å². The Hall–Kier alpha value is -2.22. The molecular formula is C10H11FN4O3. The van der Waals surface area contributed by atoms with Crippen molar-refractivity contribution in [3.8, 4) is 0 Å². The molecule has 0 radical (unpaired) electrons. The van der Waals surface area contributed by atoms with Crippen LogP contribution in [0, 0.1) is 15.9 Å². The van der Waals surface area contributed by atoms with Crippen molar-refractivity contribution < 1.29 is 14.1 Å². The van der Waals surface area contributed by atoms with Gasteiger partial charge in [-0.2, -0.15) is 0 Å². The van der Waals surface area contributed by atoms with E-state index in [0.29, 0.717) is 6.07 Å². The first-order valence-corrected chi connectivity index (χ1v) is 5.28. The Balaban J connectivity index is 2.40. The van der Waals surface area contributed by atoms with Crippen molar-refractivity contribution >= 4 is 17.3 Å². The minimum absolute atomic E-state index is 0.0523. The van der Waals surface area contributed by atoms with Crippen LogP contribution in [0.2, 0.25) is 0 Å². The number of rotatable bonds is 4. The third kappa shape index (κ3) is 2.38. The molecular weight excluding hydrogens is 243 g/mol. The number of carbonyl (C=O) groups is 1. The van der Waals surface area contributed by atoms with Gasteiger partial charge in [0.1, 0.15) is 5.56 Å². The molecule has 2 rings (SSSR count). The molecule has 96 valence electrons. The molecule has 0 heterocycles. The summed E-state index contributed by atoms with van der Waals surface area (Å²) in [6, 6.07) is 1.76. The summed E-state index contributed by atoms with van der Waals surface area (Å²) in [6.07, 6.45) is 1.70. The number of nitrogens with zero attached hydrogens (tertiary/aromatic N) is 1. The van der Waals surface area contributed by atoms with Gasteiger partial charge in [-0.1, -0.05) is 0 Å². The smallest absolute Gasteiger partial charge is 0.285 e. The highest BCUT2D eigenvalue weighted by Crippen LogP contribution is 2.27. The molecule has 1 aliphatic rings. The van der Waals surface area contributed by atoms with Crippen LogP contribution >= 0.6 is 0 Å². The Morgan fingerprint density at radius 3 is 2.67 bits per heavy atom. The third-order valence-corrected chi connectivity index (χ3v) is 2.59. The van der Waals surface area contributed by atoms with Gasteiger partial charge in [-0.05, 0) is 18.9 Å². The van der Waals surface area contributed by atoms with E-state index < -0.39 is 22.3 Å². The lowest BCUT2D eigenvalue weighted by Gasteiger charge is -2.07. The maximum atomic E-state index is 13.4. The lowest BCUT2D eigenvalue weighted by molar-refractivity contribution is -0.385. The van der Waals surface area contributed by atoms with Crippen LogP contribution in [0.1, 0.15) is 23.2 Å². The monoisotopic (exact) mass is 254 g/mol. The Bertz CT molecular complexity index is 516. The van der Waals surface area contributed by atoms with Crippen molar-refractivity contribution in [2.24, 2.45) is 5.84 Å². The molecule has 1 aromatic rings. The number of amides is 1. The minimum atomic E-state index is -0.882. The van der Waals surface area contributed by atoms with Crippen molar-refractivity contribution in [2.45, 2.75) is 18.9 Å². The van der Waals surface area contributed by atoms with Crippen LogP contribution in [-0.4, -0.2) is 16.9 Å². The van der Waals surface area contributed by atoms with Gasteiger partial charge in [0.15, 0.2) is 5.82 Å². The summed E-state index contributed by atoms with van der Waals surface area (Å²) in [5.41, 5.74) is 1.10. The molecule has 0 unspecified atom stereocenters. The number of hydrazine groups is 1. The predicted molar refractivity (Wildman–Crippen MR) is 61.4 cm³/mol. The fraction of sp³-hybridized carbons (Fsp3) is 0.300. The minimum Gasteiger partial charge on any atom is -0.349 e. The van der Waals surface area contributed by atoms with Gasteiger partial charge < -0.3 is 10.7 Å². The molecule has 1 saturated carbocycles. The highest BCUT2D eigenvalue weighted by Gasteiger charge is 2.28. The van der Waals surface area contributed by atoms with Gasteiger partial charge in [-0.25, -0.2) is 4.39 Å². The largest absolute Gasteiger partial charge is 0.349 e. The summed E-state index contributed by atoms with van der Waals surface area (Å²) in [5.74, 6) is 3.59.